The van der Waals surface area contributed by atoms with Crippen LogP contribution in [0.3, 0.4) is 0 Å². The predicted octanol–water partition coefficient (Wildman–Crippen LogP) is 4.96. The van der Waals surface area contributed by atoms with Crippen LogP contribution in [0.25, 0.3) is 0 Å². The van der Waals surface area contributed by atoms with E-state index in [2.05, 4.69) is 29.4 Å². The second-order valence-corrected chi connectivity index (χ2v) is 6.91. The molecular weight excluding hydrogens is 334 g/mol. The molecule has 0 amide bonds. The van der Waals surface area contributed by atoms with Crippen molar-refractivity contribution in [3.8, 4) is 0 Å². The van der Waals surface area contributed by atoms with E-state index in [-0.39, 0.29) is 17.3 Å². The van der Waals surface area contributed by atoms with Gasteiger partial charge in [-0.05, 0) is 30.0 Å². The summed E-state index contributed by atoms with van der Waals surface area (Å²) in [5.74, 6) is -0.507. The number of carbonyl (C=O) groups is 1. The lowest BCUT2D eigenvalue weighted by atomic mass is 9.86. The molecule has 0 unspecified atom stereocenters. The van der Waals surface area contributed by atoms with Gasteiger partial charge in [0.1, 0.15) is 0 Å². The van der Waals surface area contributed by atoms with Crippen molar-refractivity contribution >= 4 is 11.7 Å². The molecule has 0 aromatic heterocycles. The van der Waals surface area contributed by atoms with Crippen molar-refractivity contribution in [2.75, 3.05) is 0 Å². The highest BCUT2D eigenvalue weighted by Gasteiger charge is 2.61. The molecule has 3 nitrogen and oxygen atoms in total. The third-order valence-corrected chi connectivity index (χ3v) is 5.29. The Morgan fingerprint density at radius 3 is 1.85 bits per heavy atom. The molecule has 1 aliphatic rings. The maximum absolute atomic E-state index is 12.8. The molecule has 3 aromatic rings. The fraction of sp³-hybridized carbons (Fsp3) is 0.167. The molecule has 27 heavy (non-hydrogen) atoms. The lowest BCUT2D eigenvalue weighted by Gasteiger charge is -2.18. The van der Waals surface area contributed by atoms with Gasteiger partial charge in [0.2, 0.25) is 0 Å². The van der Waals surface area contributed by atoms with Crippen molar-refractivity contribution in [2.45, 2.75) is 18.8 Å². The molecule has 0 aliphatic heterocycles. The number of oxime groups is 1. The minimum absolute atomic E-state index is 0.227. The number of hydrogen-bond donors (Lipinski definition) is 0. The maximum Gasteiger partial charge on any atom is 0.339 e. The van der Waals surface area contributed by atoms with Crippen LogP contribution in [0.15, 0.2) is 96.2 Å². The third kappa shape index (κ3) is 3.28. The van der Waals surface area contributed by atoms with Crippen molar-refractivity contribution < 1.29 is 9.63 Å². The SMILES string of the molecule is C/C(=N/OC(=O)[C@H]1CC1(c1ccccc1)c1ccccc1)c1ccccc1. The van der Waals surface area contributed by atoms with E-state index in [1.54, 1.807) is 0 Å². The highest BCUT2D eigenvalue weighted by molar-refractivity contribution is 5.98. The summed E-state index contributed by atoms with van der Waals surface area (Å²) in [5.41, 5.74) is 3.59. The number of carbonyl (C=O) groups excluding carboxylic acids is 1. The van der Waals surface area contributed by atoms with Crippen molar-refractivity contribution in [3.05, 3.63) is 108 Å². The molecule has 0 saturated heterocycles. The molecule has 0 N–H and O–H groups in total. The fourth-order valence-corrected chi connectivity index (χ4v) is 3.73. The monoisotopic (exact) mass is 355 g/mol. The molecule has 1 aliphatic carbocycles. The lowest BCUT2D eigenvalue weighted by Crippen LogP contribution is -2.18. The normalized spacial score (nSPS) is 18.0. The quantitative estimate of drug-likeness (QED) is 0.369. The summed E-state index contributed by atoms with van der Waals surface area (Å²) in [6, 6.07) is 30.1. The smallest absolute Gasteiger partial charge is 0.318 e. The molecule has 1 atom stereocenters. The second kappa shape index (κ2) is 7.20. The number of hydrogen-bond acceptors (Lipinski definition) is 3. The van der Waals surface area contributed by atoms with E-state index in [0.29, 0.717) is 5.71 Å². The Labute approximate surface area is 159 Å². The van der Waals surface area contributed by atoms with Gasteiger partial charge < -0.3 is 4.84 Å². The van der Waals surface area contributed by atoms with Gasteiger partial charge in [0, 0.05) is 5.41 Å². The van der Waals surface area contributed by atoms with Crippen LogP contribution in [0, 0.1) is 5.92 Å². The number of rotatable bonds is 5. The molecule has 3 heteroatoms. The van der Waals surface area contributed by atoms with E-state index in [0.717, 1.165) is 23.1 Å². The summed E-state index contributed by atoms with van der Waals surface area (Å²) in [6.45, 7) is 1.84. The summed E-state index contributed by atoms with van der Waals surface area (Å²) < 4.78 is 0. The van der Waals surface area contributed by atoms with Crippen LogP contribution >= 0.6 is 0 Å². The zero-order valence-corrected chi connectivity index (χ0v) is 15.2. The predicted molar refractivity (Wildman–Crippen MR) is 107 cm³/mol. The van der Waals surface area contributed by atoms with Gasteiger partial charge in [-0.3, -0.25) is 0 Å². The van der Waals surface area contributed by atoms with Crippen molar-refractivity contribution in [1.29, 1.82) is 0 Å². The van der Waals surface area contributed by atoms with Crippen LogP contribution in [-0.2, 0) is 15.0 Å². The van der Waals surface area contributed by atoms with E-state index in [9.17, 15) is 4.79 Å². The first-order chi connectivity index (χ1) is 13.2. The topological polar surface area (TPSA) is 38.7 Å². The van der Waals surface area contributed by atoms with Crippen LogP contribution in [0.4, 0.5) is 0 Å². The highest BCUT2D eigenvalue weighted by Crippen LogP contribution is 2.59. The minimum atomic E-state index is -0.324. The number of nitrogens with zero attached hydrogens (tertiary/aromatic N) is 1. The van der Waals surface area contributed by atoms with Crippen LogP contribution in [0.5, 0.6) is 0 Å². The lowest BCUT2D eigenvalue weighted by molar-refractivity contribution is -0.145. The van der Waals surface area contributed by atoms with E-state index >= 15 is 0 Å². The van der Waals surface area contributed by atoms with Crippen LogP contribution < -0.4 is 0 Å². The first-order valence-corrected chi connectivity index (χ1v) is 9.14. The first-order valence-electron chi connectivity index (χ1n) is 9.14. The van der Waals surface area contributed by atoms with Gasteiger partial charge in [0.05, 0.1) is 11.6 Å². The largest absolute Gasteiger partial charge is 0.339 e. The molecule has 134 valence electrons. The third-order valence-electron chi connectivity index (χ3n) is 5.29. The highest BCUT2D eigenvalue weighted by atomic mass is 16.7. The van der Waals surface area contributed by atoms with Gasteiger partial charge in [-0.2, -0.15) is 0 Å². The maximum atomic E-state index is 12.8. The summed E-state index contributed by atoms with van der Waals surface area (Å²) in [6.07, 6.45) is 0.736. The summed E-state index contributed by atoms with van der Waals surface area (Å²) in [5, 5.41) is 4.08. The molecule has 4 rings (SSSR count). The molecule has 0 heterocycles. The van der Waals surface area contributed by atoms with E-state index in [1.807, 2.05) is 73.7 Å². The molecule has 3 aromatic carbocycles. The Kier molecular flexibility index (Phi) is 4.59. The van der Waals surface area contributed by atoms with E-state index < -0.39 is 0 Å². The van der Waals surface area contributed by atoms with Gasteiger partial charge >= 0.3 is 5.97 Å². The first kappa shape index (κ1) is 17.2. The van der Waals surface area contributed by atoms with Crippen molar-refractivity contribution in [1.82, 2.24) is 0 Å². The Bertz CT molecular complexity index is 910. The summed E-state index contributed by atoms with van der Waals surface area (Å²) in [4.78, 5) is 18.1. The van der Waals surface area contributed by atoms with E-state index in [1.165, 1.54) is 0 Å². The molecular formula is C24H21NO2. The Hall–Kier alpha value is -3.20. The molecule has 0 radical (unpaired) electrons. The molecule has 0 spiro atoms. The van der Waals surface area contributed by atoms with Crippen molar-refractivity contribution in [2.24, 2.45) is 11.1 Å². The average Bonchev–Trinajstić information content (AvgIpc) is 3.51. The van der Waals surface area contributed by atoms with Gasteiger partial charge in [-0.1, -0.05) is 96.2 Å². The van der Waals surface area contributed by atoms with Gasteiger partial charge in [0.25, 0.3) is 0 Å². The zero-order chi connectivity index (χ0) is 18.7. The number of benzene rings is 3. The van der Waals surface area contributed by atoms with E-state index in [4.69, 9.17) is 4.84 Å². The Morgan fingerprint density at radius 2 is 1.33 bits per heavy atom. The fourth-order valence-electron chi connectivity index (χ4n) is 3.73. The Morgan fingerprint density at radius 1 is 0.852 bits per heavy atom. The molecule has 0 bridgehead atoms. The van der Waals surface area contributed by atoms with Crippen molar-refractivity contribution in [3.63, 3.8) is 0 Å². The van der Waals surface area contributed by atoms with Crippen LogP contribution in [-0.4, -0.2) is 11.7 Å². The second-order valence-electron chi connectivity index (χ2n) is 6.91. The summed E-state index contributed by atoms with van der Waals surface area (Å²) in [7, 11) is 0. The van der Waals surface area contributed by atoms with Gasteiger partial charge in [-0.15, -0.1) is 0 Å². The van der Waals surface area contributed by atoms with Gasteiger partial charge in [0.15, 0.2) is 0 Å². The van der Waals surface area contributed by atoms with Gasteiger partial charge in [-0.25, -0.2) is 4.79 Å². The van der Waals surface area contributed by atoms with Crippen LogP contribution in [0.2, 0.25) is 0 Å². The zero-order valence-electron chi connectivity index (χ0n) is 15.2. The van der Waals surface area contributed by atoms with Crippen LogP contribution in [0.1, 0.15) is 30.0 Å². The Balaban J connectivity index is 1.58. The summed E-state index contributed by atoms with van der Waals surface area (Å²) >= 11 is 0. The standard InChI is InChI=1S/C24H21NO2/c1-18(19-11-5-2-6-12-19)25-27-23(26)22-17-24(22,20-13-7-3-8-14-20)21-15-9-4-10-16-21/h2-16,22H,17H2,1H3/b25-18-/t22-/m1/s1. The average molecular weight is 355 g/mol. The minimum Gasteiger partial charge on any atom is -0.318 e. The molecule has 1 fully saturated rings. The molecule has 1 saturated carbocycles.